The van der Waals surface area contributed by atoms with E-state index in [-0.39, 0.29) is 6.42 Å². The molecule has 0 radical (unpaired) electrons. The van der Waals surface area contributed by atoms with Gasteiger partial charge in [-0.15, -0.1) is 0 Å². The van der Waals surface area contributed by atoms with Gasteiger partial charge >= 0.3 is 5.51 Å². The molecule has 0 saturated carbocycles. The molecule has 0 amide bonds. The van der Waals surface area contributed by atoms with E-state index in [9.17, 15) is 21.6 Å². The second-order valence-corrected chi connectivity index (χ2v) is 5.28. The number of sulfone groups is 1. The Kier molecular flexibility index (Phi) is 5.48. The number of hydrogen-bond acceptors (Lipinski definition) is 2. The molecule has 6 heteroatoms. The second-order valence-electron chi connectivity index (χ2n) is 3.18. The van der Waals surface area contributed by atoms with Crippen molar-refractivity contribution in [2.75, 3.05) is 5.75 Å². The van der Waals surface area contributed by atoms with Crippen LogP contribution in [0.2, 0.25) is 0 Å². The fourth-order valence-electron chi connectivity index (χ4n) is 1.01. The maximum atomic E-state index is 11.8. The lowest BCUT2D eigenvalue weighted by Crippen LogP contribution is -2.26. The van der Waals surface area contributed by atoms with Crippen molar-refractivity contribution in [3.05, 3.63) is 0 Å². The number of rotatable bonds is 6. The minimum atomic E-state index is -5.09. The molecule has 14 heavy (non-hydrogen) atoms. The smallest absolute Gasteiger partial charge is 0.220 e. The summed E-state index contributed by atoms with van der Waals surface area (Å²) >= 11 is 0. The molecule has 0 aromatic heterocycles. The van der Waals surface area contributed by atoms with E-state index < -0.39 is 21.1 Å². The van der Waals surface area contributed by atoms with Crippen molar-refractivity contribution in [3.8, 4) is 0 Å². The van der Waals surface area contributed by atoms with Gasteiger partial charge in [-0.3, -0.25) is 0 Å². The molecule has 0 aliphatic heterocycles. The summed E-state index contributed by atoms with van der Waals surface area (Å²) in [5.74, 6) is -0.778. The second kappa shape index (κ2) is 5.58. The quantitative estimate of drug-likeness (QED) is 0.660. The average Bonchev–Trinajstić information content (AvgIpc) is 2.02. The predicted octanol–water partition coefficient (Wildman–Crippen LogP) is 2.89. The van der Waals surface area contributed by atoms with Crippen LogP contribution in [0.25, 0.3) is 0 Å². The van der Waals surface area contributed by atoms with Crippen molar-refractivity contribution in [2.24, 2.45) is 0 Å². The van der Waals surface area contributed by atoms with Crippen LogP contribution in [0.5, 0.6) is 0 Å². The molecule has 0 heterocycles. The van der Waals surface area contributed by atoms with Crippen molar-refractivity contribution in [2.45, 2.75) is 44.5 Å². The summed E-state index contributed by atoms with van der Waals surface area (Å²) in [6.07, 6.45) is 3.35. The Morgan fingerprint density at radius 1 is 1.00 bits per heavy atom. The largest absolute Gasteiger partial charge is 0.497 e. The maximum Gasteiger partial charge on any atom is 0.497 e. The van der Waals surface area contributed by atoms with Crippen molar-refractivity contribution >= 4 is 9.84 Å². The number of alkyl halides is 3. The highest BCUT2D eigenvalue weighted by molar-refractivity contribution is 7.92. The Hall–Kier alpha value is -0.260. The lowest BCUT2D eigenvalue weighted by atomic mass is 10.2. The first-order chi connectivity index (χ1) is 6.31. The van der Waals surface area contributed by atoms with Crippen molar-refractivity contribution in [1.82, 2.24) is 0 Å². The van der Waals surface area contributed by atoms with E-state index in [2.05, 4.69) is 0 Å². The molecule has 0 fully saturated rings. The van der Waals surface area contributed by atoms with Crippen LogP contribution < -0.4 is 0 Å². The van der Waals surface area contributed by atoms with E-state index in [1.165, 1.54) is 0 Å². The van der Waals surface area contributed by atoms with E-state index in [0.29, 0.717) is 6.42 Å². The molecule has 0 aliphatic rings. The Balaban J connectivity index is 3.80. The molecule has 0 aliphatic carbocycles. The molecule has 0 aromatic carbocycles. The van der Waals surface area contributed by atoms with Gasteiger partial charge < -0.3 is 0 Å². The normalized spacial score (nSPS) is 13.1. The van der Waals surface area contributed by atoms with Gasteiger partial charge in [0.25, 0.3) is 0 Å². The lowest BCUT2D eigenvalue weighted by molar-refractivity contribution is -0.0435. The standard InChI is InChI=1S/C8H15F3O2S/c1-2-3-4-5-6-7-14(12,13)8(9,10)11/h2-7H2,1H3. The Morgan fingerprint density at radius 3 is 1.93 bits per heavy atom. The molecule has 0 spiro atoms. The van der Waals surface area contributed by atoms with E-state index in [0.717, 1.165) is 19.3 Å². The minimum Gasteiger partial charge on any atom is -0.220 e. The van der Waals surface area contributed by atoms with Crippen LogP contribution in [0.3, 0.4) is 0 Å². The van der Waals surface area contributed by atoms with Gasteiger partial charge in [0.2, 0.25) is 9.84 Å². The van der Waals surface area contributed by atoms with Crippen LogP contribution in [0.15, 0.2) is 0 Å². The van der Waals surface area contributed by atoms with Gasteiger partial charge in [0.1, 0.15) is 0 Å². The highest BCUT2D eigenvalue weighted by atomic mass is 32.2. The van der Waals surface area contributed by atoms with Gasteiger partial charge in [0.05, 0.1) is 5.75 Å². The zero-order chi connectivity index (χ0) is 11.2. The number of unbranched alkanes of at least 4 members (excludes halogenated alkanes) is 4. The van der Waals surface area contributed by atoms with Crippen molar-refractivity contribution < 1.29 is 21.6 Å². The average molecular weight is 232 g/mol. The van der Waals surface area contributed by atoms with Crippen molar-refractivity contribution in [1.29, 1.82) is 0 Å². The number of hydrogen-bond donors (Lipinski definition) is 0. The van der Waals surface area contributed by atoms with Gasteiger partial charge in [0, 0.05) is 0 Å². The highest BCUT2D eigenvalue weighted by Gasteiger charge is 2.44. The summed E-state index contributed by atoms with van der Waals surface area (Å²) in [7, 11) is -4.88. The summed E-state index contributed by atoms with van der Waals surface area (Å²) in [6.45, 7) is 1.98. The molecule has 86 valence electrons. The fraction of sp³-hybridized carbons (Fsp3) is 1.00. The summed E-state index contributed by atoms with van der Waals surface area (Å²) < 4.78 is 56.6. The molecular weight excluding hydrogens is 217 g/mol. The third-order valence-corrected chi connectivity index (χ3v) is 3.40. The van der Waals surface area contributed by atoms with Gasteiger partial charge in [-0.25, -0.2) is 8.42 Å². The van der Waals surface area contributed by atoms with Crippen LogP contribution in [0, 0.1) is 0 Å². The van der Waals surface area contributed by atoms with E-state index in [1.807, 2.05) is 6.92 Å². The first kappa shape index (κ1) is 13.7. The van der Waals surface area contributed by atoms with Gasteiger partial charge in [0.15, 0.2) is 0 Å². The van der Waals surface area contributed by atoms with Crippen LogP contribution >= 0.6 is 0 Å². The first-order valence-electron chi connectivity index (χ1n) is 4.60. The molecule has 0 rings (SSSR count). The van der Waals surface area contributed by atoms with E-state index in [1.54, 1.807) is 0 Å². The molecule has 0 atom stereocenters. The predicted molar refractivity (Wildman–Crippen MR) is 48.6 cm³/mol. The molecule has 0 bridgehead atoms. The minimum absolute atomic E-state index is 0.0991. The van der Waals surface area contributed by atoms with Gasteiger partial charge in [-0.05, 0) is 6.42 Å². The van der Waals surface area contributed by atoms with Crippen LogP contribution in [-0.2, 0) is 9.84 Å². The molecule has 2 nitrogen and oxygen atoms in total. The Morgan fingerprint density at radius 2 is 1.50 bits per heavy atom. The summed E-state index contributed by atoms with van der Waals surface area (Å²) in [6, 6.07) is 0. The summed E-state index contributed by atoms with van der Waals surface area (Å²) in [5.41, 5.74) is -5.09. The summed E-state index contributed by atoms with van der Waals surface area (Å²) in [4.78, 5) is 0. The highest BCUT2D eigenvalue weighted by Crippen LogP contribution is 2.24. The maximum absolute atomic E-state index is 11.8. The third-order valence-electron chi connectivity index (χ3n) is 1.87. The molecule has 0 N–H and O–H groups in total. The van der Waals surface area contributed by atoms with Crippen LogP contribution in [0.4, 0.5) is 13.2 Å². The number of halogens is 3. The fourth-order valence-corrected chi connectivity index (χ4v) is 1.83. The zero-order valence-electron chi connectivity index (χ0n) is 8.10. The molecule has 0 aromatic rings. The Bertz CT molecular complexity index is 244. The first-order valence-corrected chi connectivity index (χ1v) is 6.25. The zero-order valence-corrected chi connectivity index (χ0v) is 8.92. The van der Waals surface area contributed by atoms with E-state index in [4.69, 9.17) is 0 Å². The monoisotopic (exact) mass is 232 g/mol. The lowest BCUT2D eigenvalue weighted by Gasteiger charge is -2.07. The van der Waals surface area contributed by atoms with E-state index >= 15 is 0 Å². The Labute approximate surface area is 82.4 Å². The van der Waals surface area contributed by atoms with Gasteiger partial charge in [-0.2, -0.15) is 13.2 Å². The van der Waals surface area contributed by atoms with Crippen LogP contribution in [-0.4, -0.2) is 19.7 Å². The molecular formula is C8H15F3O2S. The summed E-state index contributed by atoms with van der Waals surface area (Å²) in [5, 5.41) is 0. The SMILES string of the molecule is CCCCCCCS(=O)(=O)C(F)(F)F. The molecule has 0 unspecified atom stereocenters. The van der Waals surface area contributed by atoms with Crippen LogP contribution in [0.1, 0.15) is 39.0 Å². The van der Waals surface area contributed by atoms with Crippen molar-refractivity contribution in [3.63, 3.8) is 0 Å². The topological polar surface area (TPSA) is 34.1 Å². The van der Waals surface area contributed by atoms with Gasteiger partial charge in [-0.1, -0.05) is 32.6 Å². The molecule has 0 saturated heterocycles. The third kappa shape index (κ3) is 4.83.